The van der Waals surface area contributed by atoms with Crippen molar-refractivity contribution in [1.82, 2.24) is 0 Å². The maximum atomic E-state index is 14.3. The number of sulfonamides is 1. The topological polar surface area (TPSA) is 108 Å². The lowest BCUT2D eigenvalue weighted by atomic mass is 9.87. The SMILES string of the molecule is CC(C)c1cc(F)cc(C(C)C)c1CC(=O)N=NS(=O)(=O)c1ccc(C(C)(C)O)cc1N[Si](C)(C)C(C)(C)C. The van der Waals surface area contributed by atoms with Gasteiger partial charge in [0.1, 0.15) is 10.7 Å². The van der Waals surface area contributed by atoms with Gasteiger partial charge in [-0.2, -0.15) is 8.42 Å². The first-order valence-corrected chi connectivity index (χ1v) is 17.7. The molecular weight excluding hydrogens is 533 g/mol. The van der Waals surface area contributed by atoms with Crippen molar-refractivity contribution in [2.24, 2.45) is 9.63 Å². The summed E-state index contributed by atoms with van der Waals surface area (Å²) in [5.41, 5.74) is 1.68. The summed E-state index contributed by atoms with van der Waals surface area (Å²) in [6.07, 6.45) is -0.187. The second kappa shape index (κ2) is 11.6. The molecule has 0 aromatic heterocycles. The minimum absolute atomic E-state index is 0.0417. The van der Waals surface area contributed by atoms with E-state index in [1.54, 1.807) is 19.9 Å². The van der Waals surface area contributed by atoms with Crippen LogP contribution in [0.2, 0.25) is 18.1 Å². The van der Waals surface area contributed by atoms with E-state index in [-0.39, 0.29) is 34.0 Å². The number of benzene rings is 2. The summed E-state index contributed by atoms with van der Waals surface area (Å²) in [4.78, 5) is 16.2. The zero-order chi connectivity index (χ0) is 30.1. The second-order valence-electron chi connectivity index (χ2n) is 12.9. The molecule has 0 radical (unpaired) electrons. The van der Waals surface area contributed by atoms with Crippen LogP contribution in [-0.4, -0.2) is 27.7 Å². The van der Waals surface area contributed by atoms with Gasteiger partial charge >= 0.3 is 10.0 Å². The van der Waals surface area contributed by atoms with Crippen LogP contribution in [0.5, 0.6) is 0 Å². The van der Waals surface area contributed by atoms with Crippen molar-refractivity contribution in [2.45, 2.75) is 109 Å². The minimum atomic E-state index is -4.36. The van der Waals surface area contributed by atoms with Gasteiger partial charge in [-0.25, -0.2) is 4.39 Å². The van der Waals surface area contributed by atoms with E-state index in [9.17, 15) is 22.7 Å². The number of carbonyl (C=O) groups excluding carboxylic acids is 1. The summed E-state index contributed by atoms with van der Waals surface area (Å²) < 4.78 is 44.5. The number of hydrogen-bond acceptors (Lipinski definition) is 5. The van der Waals surface area contributed by atoms with E-state index in [4.69, 9.17) is 0 Å². The predicted molar refractivity (Wildman–Crippen MR) is 158 cm³/mol. The molecule has 1 amide bonds. The van der Waals surface area contributed by atoms with Crippen LogP contribution in [0.1, 0.15) is 96.4 Å². The summed E-state index contributed by atoms with van der Waals surface area (Å²) >= 11 is 0. The third-order valence-corrected chi connectivity index (χ3v) is 13.3. The largest absolute Gasteiger partial charge is 0.409 e. The first kappa shape index (κ1) is 32.8. The summed E-state index contributed by atoms with van der Waals surface area (Å²) in [7, 11) is -6.60. The molecule has 0 aliphatic carbocycles. The number of halogens is 1. The fourth-order valence-electron chi connectivity index (χ4n) is 4.00. The van der Waals surface area contributed by atoms with Crippen molar-refractivity contribution < 1.29 is 22.7 Å². The lowest BCUT2D eigenvalue weighted by molar-refractivity contribution is -0.117. The van der Waals surface area contributed by atoms with Crippen molar-refractivity contribution in [3.8, 4) is 0 Å². The summed E-state index contributed by atoms with van der Waals surface area (Å²) in [5.74, 6) is -1.19. The number of aliphatic hydroxyl groups is 1. The van der Waals surface area contributed by atoms with Crippen molar-refractivity contribution in [3.05, 3.63) is 58.4 Å². The highest BCUT2D eigenvalue weighted by molar-refractivity contribution is 7.90. The molecule has 2 rings (SSSR count). The Hall–Kier alpha value is -2.43. The summed E-state index contributed by atoms with van der Waals surface area (Å²) in [6, 6.07) is 7.36. The van der Waals surface area contributed by atoms with Gasteiger partial charge in [-0.15, -0.1) is 0 Å². The smallest absolute Gasteiger partial charge is 0.301 e. The van der Waals surface area contributed by atoms with Crippen LogP contribution in [0.25, 0.3) is 0 Å². The third-order valence-electron chi connectivity index (χ3n) is 7.40. The van der Waals surface area contributed by atoms with Crippen molar-refractivity contribution in [2.75, 3.05) is 4.98 Å². The maximum absolute atomic E-state index is 14.3. The van der Waals surface area contributed by atoms with E-state index in [0.717, 1.165) is 0 Å². The molecule has 0 atom stereocenters. The molecule has 0 heterocycles. The number of amides is 1. The normalized spacial score (nSPS) is 13.5. The van der Waals surface area contributed by atoms with Crippen molar-refractivity contribution in [3.63, 3.8) is 0 Å². The van der Waals surface area contributed by atoms with Gasteiger partial charge in [0.25, 0.3) is 5.91 Å². The predicted octanol–water partition coefficient (Wildman–Crippen LogP) is 7.63. The number of anilines is 1. The van der Waals surface area contributed by atoms with E-state index >= 15 is 0 Å². The van der Waals surface area contributed by atoms with E-state index in [1.807, 2.05) is 27.7 Å². The second-order valence-corrected chi connectivity index (χ2v) is 19.4. The molecule has 0 bridgehead atoms. The van der Waals surface area contributed by atoms with E-state index in [0.29, 0.717) is 27.9 Å². The molecular formula is C29H44FN3O4SSi. The highest BCUT2D eigenvalue weighted by Crippen LogP contribution is 2.39. The first-order chi connectivity index (χ1) is 17.6. The molecule has 216 valence electrons. The number of nitrogens with one attached hydrogen (secondary N) is 1. The molecule has 2 aromatic rings. The monoisotopic (exact) mass is 577 g/mol. The van der Waals surface area contributed by atoms with Gasteiger partial charge in [-0.3, -0.25) is 4.79 Å². The van der Waals surface area contributed by atoms with Crippen LogP contribution in [-0.2, 0) is 26.8 Å². The fraction of sp³-hybridized carbons (Fsp3) is 0.552. The lowest BCUT2D eigenvalue weighted by Crippen LogP contribution is -2.46. The molecule has 7 nitrogen and oxygen atoms in total. The third kappa shape index (κ3) is 8.05. The number of rotatable bonds is 9. The Kier molecular flexibility index (Phi) is 9.74. The quantitative estimate of drug-likeness (QED) is 0.235. The lowest BCUT2D eigenvalue weighted by Gasteiger charge is -2.38. The highest BCUT2D eigenvalue weighted by atomic mass is 32.2. The van der Waals surface area contributed by atoms with Crippen LogP contribution >= 0.6 is 0 Å². The van der Waals surface area contributed by atoms with E-state index in [1.165, 1.54) is 24.3 Å². The molecule has 39 heavy (non-hydrogen) atoms. The van der Waals surface area contributed by atoms with Crippen LogP contribution in [0.4, 0.5) is 10.1 Å². The average Bonchev–Trinajstić information content (AvgIpc) is 2.76. The zero-order valence-electron chi connectivity index (χ0n) is 25.1. The summed E-state index contributed by atoms with van der Waals surface area (Å²) in [6.45, 7) is 21.3. The average molecular weight is 578 g/mol. The van der Waals surface area contributed by atoms with Gasteiger partial charge in [0.2, 0.25) is 0 Å². The van der Waals surface area contributed by atoms with Gasteiger partial charge in [0, 0.05) is 5.69 Å². The maximum Gasteiger partial charge on any atom is 0.301 e. The first-order valence-electron chi connectivity index (χ1n) is 13.2. The molecule has 0 fully saturated rings. The minimum Gasteiger partial charge on any atom is -0.409 e. The van der Waals surface area contributed by atoms with E-state index < -0.39 is 29.8 Å². The van der Waals surface area contributed by atoms with Crippen LogP contribution in [0, 0.1) is 5.82 Å². The van der Waals surface area contributed by atoms with Gasteiger partial charge in [0.05, 0.1) is 12.0 Å². The number of nitrogens with zero attached hydrogens (tertiary/aromatic N) is 2. The Morgan fingerprint density at radius 2 is 1.51 bits per heavy atom. The molecule has 2 N–H and O–H groups in total. The zero-order valence-corrected chi connectivity index (χ0v) is 26.9. The standard InChI is InChI=1S/C29H44FN3O4SSi/c1-18(2)22-15-21(30)16-23(19(3)4)24(22)17-27(34)31-33-38(36,37)26-13-12-20(29(8,9)35)14-25(26)32-39(10,11)28(5,6)7/h12-16,18-19,32,35H,17H2,1-11H3. The highest BCUT2D eigenvalue weighted by Gasteiger charge is 2.37. The molecule has 0 saturated carbocycles. The van der Waals surface area contributed by atoms with Crippen molar-refractivity contribution in [1.29, 1.82) is 0 Å². The van der Waals surface area contributed by atoms with Crippen LogP contribution in [0.3, 0.4) is 0 Å². The Morgan fingerprint density at radius 3 is 1.95 bits per heavy atom. The number of carbonyl (C=O) groups is 1. The molecule has 0 saturated heterocycles. The van der Waals surface area contributed by atoms with Crippen molar-refractivity contribution >= 4 is 29.9 Å². The molecule has 0 aliphatic heterocycles. The number of hydrogen-bond donors (Lipinski definition) is 2. The van der Waals surface area contributed by atoms with E-state index in [2.05, 4.69) is 48.5 Å². The molecule has 2 aromatic carbocycles. The molecule has 10 heteroatoms. The Balaban J connectivity index is 2.52. The molecule has 0 spiro atoms. The van der Waals surface area contributed by atoms with Gasteiger partial charge in [-0.1, -0.05) is 77.3 Å². The molecule has 0 unspecified atom stereocenters. The van der Waals surface area contributed by atoms with Crippen LogP contribution < -0.4 is 4.98 Å². The Morgan fingerprint density at radius 1 is 1.00 bits per heavy atom. The fourth-order valence-corrected chi connectivity index (χ4v) is 6.26. The Bertz CT molecular complexity index is 1330. The summed E-state index contributed by atoms with van der Waals surface area (Å²) in [5, 5.41) is 14.0. The Labute approximate surface area is 234 Å². The van der Waals surface area contributed by atoms with Gasteiger partial charge in [0.15, 0.2) is 8.24 Å². The van der Waals surface area contributed by atoms with Crippen LogP contribution in [0.15, 0.2) is 44.9 Å². The van der Waals surface area contributed by atoms with Gasteiger partial charge in [-0.05, 0) is 77.2 Å². The molecule has 0 aliphatic rings. The van der Waals surface area contributed by atoms with Gasteiger partial charge < -0.3 is 10.1 Å².